The van der Waals surface area contributed by atoms with E-state index in [0.717, 1.165) is 0 Å². The molecule has 1 amide bonds. The molecule has 0 aliphatic carbocycles. The SMILES string of the molecule is COCCn1ccc(=O)c(OCC(=O)Nc2cccnc2)c1C. The van der Waals surface area contributed by atoms with Crippen LogP contribution in [0.1, 0.15) is 5.69 Å². The predicted octanol–water partition coefficient (Wildman–Crippen LogP) is 1.22. The number of methoxy groups -OCH3 is 1. The number of hydrogen-bond acceptors (Lipinski definition) is 5. The molecule has 0 fully saturated rings. The number of hydrogen-bond donors (Lipinski definition) is 1. The second-order valence-corrected chi connectivity index (χ2v) is 4.86. The molecule has 1 N–H and O–H groups in total. The summed E-state index contributed by atoms with van der Waals surface area (Å²) < 4.78 is 12.3. The van der Waals surface area contributed by atoms with Crippen LogP contribution in [0.15, 0.2) is 41.6 Å². The first-order chi connectivity index (χ1) is 11.1. The average Bonchev–Trinajstić information content (AvgIpc) is 2.55. The van der Waals surface area contributed by atoms with E-state index >= 15 is 0 Å². The van der Waals surface area contributed by atoms with Crippen molar-refractivity contribution in [3.63, 3.8) is 0 Å². The second-order valence-electron chi connectivity index (χ2n) is 4.86. The van der Waals surface area contributed by atoms with E-state index in [9.17, 15) is 9.59 Å². The molecule has 0 saturated heterocycles. The van der Waals surface area contributed by atoms with E-state index in [0.29, 0.717) is 24.5 Å². The van der Waals surface area contributed by atoms with Crippen molar-refractivity contribution < 1.29 is 14.3 Å². The van der Waals surface area contributed by atoms with Gasteiger partial charge in [-0.1, -0.05) is 0 Å². The first-order valence-electron chi connectivity index (χ1n) is 7.13. The smallest absolute Gasteiger partial charge is 0.262 e. The Bertz CT molecular complexity index is 713. The fourth-order valence-electron chi connectivity index (χ4n) is 2.03. The molecular formula is C16H19N3O4. The third-order valence-electron chi connectivity index (χ3n) is 3.22. The molecule has 7 heteroatoms. The highest BCUT2D eigenvalue weighted by atomic mass is 16.5. The first-order valence-corrected chi connectivity index (χ1v) is 7.13. The Morgan fingerprint density at radius 1 is 1.39 bits per heavy atom. The van der Waals surface area contributed by atoms with E-state index < -0.39 is 0 Å². The summed E-state index contributed by atoms with van der Waals surface area (Å²) in [5.41, 5.74) is 0.970. The highest BCUT2D eigenvalue weighted by Crippen LogP contribution is 2.12. The molecular weight excluding hydrogens is 298 g/mol. The van der Waals surface area contributed by atoms with Gasteiger partial charge in [-0.25, -0.2) is 0 Å². The van der Waals surface area contributed by atoms with E-state index in [1.165, 1.54) is 12.3 Å². The maximum absolute atomic E-state index is 11.9. The molecule has 2 aromatic heterocycles. The molecule has 0 aromatic carbocycles. The predicted molar refractivity (Wildman–Crippen MR) is 85.7 cm³/mol. The van der Waals surface area contributed by atoms with Crippen molar-refractivity contribution in [1.29, 1.82) is 0 Å². The zero-order valence-electron chi connectivity index (χ0n) is 13.1. The topological polar surface area (TPSA) is 82.5 Å². The van der Waals surface area contributed by atoms with Gasteiger partial charge in [0.25, 0.3) is 5.91 Å². The van der Waals surface area contributed by atoms with Crippen LogP contribution in [0.5, 0.6) is 5.75 Å². The number of nitrogens with zero attached hydrogens (tertiary/aromatic N) is 2. The zero-order valence-corrected chi connectivity index (χ0v) is 13.1. The fraction of sp³-hybridized carbons (Fsp3) is 0.312. The number of anilines is 1. The summed E-state index contributed by atoms with van der Waals surface area (Å²) in [5.74, 6) is -0.186. The normalized spacial score (nSPS) is 10.3. The lowest BCUT2D eigenvalue weighted by molar-refractivity contribution is -0.118. The van der Waals surface area contributed by atoms with Gasteiger partial charge in [0.1, 0.15) is 0 Å². The van der Waals surface area contributed by atoms with Crippen molar-refractivity contribution >= 4 is 11.6 Å². The molecule has 0 bridgehead atoms. The number of pyridine rings is 2. The van der Waals surface area contributed by atoms with Gasteiger partial charge in [-0.05, 0) is 19.1 Å². The zero-order chi connectivity index (χ0) is 16.7. The lowest BCUT2D eigenvalue weighted by Crippen LogP contribution is -2.24. The van der Waals surface area contributed by atoms with Crippen LogP contribution in [0.25, 0.3) is 0 Å². The molecule has 2 aromatic rings. The molecule has 0 aliphatic heterocycles. The molecule has 122 valence electrons. The number of amides is 1. The van der Waals surface area contributed by atoms with Crippen LogP contribution >= 0.6 is 0 Å². The minimum atomic E-state index is -0.357. The van der Waals surface area contributed by atoms with Gasteiger partial charge in [0, 0.05) is 32.1 Å². The van der Waals surface area contributed by atoms with Gasteiger partial charge in [0.15, 0.2) is 12.4 Å². The van der Waals surface area contributed by atoms with Crippen LogP contribution in [0.2, 0.25) is 0 Å². The summed E-state index contributed by atoms with van der Waals surface area (Å²) in [4.78, 5) is 27.7. The van der Waals surface area contributed by atoms with E-state index in [-0.39, 0.29) is 23.7 Å². The van der Waals surface area contributed by atoms with E-state index in [1.807, 2.05) is 4.57 Å². The van der Waals surface area contributed by atoms with Gasteiger partial charge >= 0.3 is 0 Å². The van der Waals surface area contributed by atoms with Gasteiger partial charge < -0.3 is 19.4 Å². The maximum atomic E-state index is 11.9. The maximum Gasteiger partial charge on any atom is 0.262 e. The lowest BCUT2D eigenvalue weighted by atomic mass is 10.3. The Hall–Kier alpha value is -2.67. The highest BCUT2D eigenvalue weighted by molar-refractivity contribution is 5.91. The summed E-state index contributed by atoms with van der Waals surface area (Å²) in [6.07, 6.45) is 4.82. The molecule has 0 atom stereocenters. The summed E-state index contributed by atoms with van der Waals surface area (Å²) in [5, 5.41) is 2.64. The Morgan fingerprint density at radius 3 is 2.91 bits per heavy atom. The summed E-state index contributed by atoms with van der Waals surface area (Å²) in [7, 11) is 1.61. The first kappa shape index (κ1) is 16.7. The van der Waals surface area contributed by atoms with Crippen LogP contribution in [0.3, 0.4) is 0 Å². The van der Waals surface area contributed by atoms with Gasteiger partial charge in [-0.3, -0.25) is 14.6 Å². The monoisotopic (exact) mass is 317 g/mol. The number of nitrogens with one attached hydrogen (secondary N) is 1. The lowest BCUT2D eigenvalue weighted by Gasteiger charge is -2.14. The van der Waals surface area contributed by atoms with E-state index in [2.05, 4.69) is 10.3 Å². The molecule has 0 radical (unpaired) electrons. The third kappa shape index (κ3) is 4.65. The summed E-state index contributed by atoms with van der Waals surface area (Å²) in [6.45, 7) is 2.64. The Morgan fingerprint density at radius 2 is 2.22 bits per heavy atom. The van der Waals surface area contributed by atoms with Gasteiger partial charge in [-0.2, -0.15) is 0 Å². The van der Waals surface area contributed by atoms with Gasteiger partial charge in [-0.15, -0.1) is 0 Å². The van der Waals surface area contributed by atoms with Crippen molar-refractivity contribution in [2.24, 2.45) is 0 Å². The van der Waals surface area contributed by atoms with E-state index in [4.69, 9.17) is 9.47 Å². The van der Waals surface area contributed by atoms with Crippen molar-refractivity contribution in [2.45, 2.75) is 13.5 Å². The van der Waals surface area contributed by atoms with Crippen LogP contribution in [0.4, 0.5) is 5.69 Å². The molecule has 0 spiro atoms. The standard InChI is InChI=1S/C16H19N3O4/c1-12-16(14(20)5-7-19(12)8-9-22-2)23-11-15(21)18-13-4-3-6-17-10-13/h3-7,10H,8-9,11H2,1-2H3,(H,18,21). The summed E-state index contributed by atoms with van der Waals surface area (Å²) in [6, 6.07) is 4.85. The third-order valence-corrected chi connectivity index (χ3v) is 3.22. The minimum Gasteiger partial charge on any atom is -0.478 e. The molecule has 23 heavy (non-hydrogen) atoms. The number of carbonyl (C=O) groups is 1. The number of ether oxygens (including phenoxy) is 2. The molecule has 0 saturated carbocycles. The Labute approximate surface area is 133 Å². The molecule has 0 aliphatic rings. The van der Waals surface area contributed by atoms with Crippen molar-refractivity contribution in [2.75, 3.05) is 25.6 Å². The van der Waals surface area contributed by atoms with Crippen LogP contribution < -0.4 is 15.5 Å². The largest absolute Gasteiger partial charge is 0.478 e. The summed E-state index contributed by atoms with van der Waals surface area (Å²) >= 11 is 0. The quantitative estimate of drug-likeness (QED) is 0.830. The Kier molecular flexibility index (Phi) is 5.87. The molecule has 2 heterocycles. The number of rotatable bonds is 7. The minimum absolute atomic E-state index is 0.171. The van der Waals surface area contributed by atoms with Crippen LogP contribution in [-0.2, 0) is 16.1 Å². The highest BCUT2D eigenvalue weighted by Gasteiger charge is 2.11. The van der Waals surface area contributed by atoms with Crippen molar-refractivity contribution in [1.82, 2.24) is 9.55 Å². The van der Waals surface area contributed by atoms with Crippen molar-refractivity contribution in [3.8, 4) is 5.75 Å². The van der Waals surface area contributed by atoms with Crippen molar-refractivity contribution in [3.05, 3.63) is 52.7 Å². The number of carbonyl (C=O) groups excluding carboxylic acids is 1. The van der Waals surface area contributed by atoms with Gasteiger partial charge in [0.2, 0.25) is 5.43 Å². The number of aromatic nitrogens is 2. The second kappa shape index (κ2) is 8.09. The van der Waals surface area contributed by atoms with Crippen LogP contribution in [0, 0.1) is 6.92 Å². The molecule has 0 unspecified atom stereocenters. The van der Waals surface area contributed by atoms with Crippen LogP contribution in [-0.4, -0.2) is 35.8 Å². The Balaban J connectivity index is 2.02. The fourth-order valence-corrected chi connectivity index (χ4v) is 2.03. The van der Waals surface area contributed by atoms with Gasteiger partial charge in [0.05, 0.1) is 24.2 Å². The molecule has 7 nitrogen and oxygen atoms in total. The van der Waals surface area contributed by atoms with E-state index in [1.54, 1.807) is 38.6 Å². The molecule has 2 rings (SSSR count). The average molecular weight is 317 g/mol.